The van der Waals surface area contributed by atoms with Crippen LogP contribution in [0.5, 0.6) is 0 Å². The van der Waals surface area contributed by atoms with E-state index in [0.29, 0.717) is 24.9 Å². The van der Waals surface area contributed by atoms with Crippen LogP contribution in [-0.4, -0.2) is 28.7 Å². The van der Waals surface area contributed by atoms with Gasteiger partial charge in [-0.1, -0.05) is 12.1 Å². The fourth-order valence-corrected chi connectivity index (χ4v) is 2.59. The average Bonchev–Trinajstić information content (AvgIpc) is 2.41. The van der Waals surface area contributed by atoms with Gasteiger partial charge in [-0.25, -0.2) is 0 Å². The Hall–Kier alpha value is -1.82. The lowest BCUT2D eigenvalue weighted by molar-refractivity contribution is -0.387. The molecule has 1 aliphatic carbocycles. The molecule has 2 rings (SSSR count). The highest BCUT2D eigenvalue weighted by Gasteiger charge is 2.24. The van der Waals surface area contributed by atoms with E-state index >= 15 is 0 Å². The Labute approximate surface area is 116 Å². The van der Waals surface area contributed by atoms with Crippen molar-refractivity contribution < 1.29 is 14.1 Å². The first-order chi connectivity index (χ1) is 9.49. The summed E-state index contributed by atoms with van der Waals surface area (Å²) in [6, 6.07) is 4.45. The van der Waals surface area contributed by atoms with Gasteiger partial charge < -0.3 is 0 Å². The summed E-state index contributed by atoms with van der Waals surface area (Å²) in [6.45, 7) is 0.312. The molecular weight excluding hydrogens is 263 g/mol. The van der Waals surface area contributed by atoms with Crippen LogP contribution in [0.1, 0.15) is 31.2 Å². The van der Waals surface area contributed by atoms with Crippen LogP contribution in [0.2, 0.25) is 0 Å². The molecule has 20 heavy (non-hydrogen) atoms. The predicted molar refractivity (Wildman–Crippen MR) is 71.8 cm³/mol. The SMILES string of the molecule is CN(Cc1cccc([N+](=O)[O-])c1F)C1CCC(=O)CC1. The van der Waals surface area contributed by atoms with Gasteiger partial charge in [-0.15, -0.1) is 0 Å². The molecule has 0 N–H and O–H groups in total. The number of hydrogen-bond acceptors (Lipinski definition) is 4. The molecular formula is C14H17FN2O3. The Morgan fingerprint density at radius 2 is 2.05 bits per heavy atom. The highest BCUT2D eigenvalue weighted by Crippen LogP contribution is 2.24. The van der Waals surface area contributed by atoms with E-state index in [1.807, 2.05) is 11.9 Å². The molecule has 1 saturated carbocycles. The number of nitrogens with zero attached hydrogens (tertiary/aromatic N) is 2. The van der Waals surface area contributed by atoms with E-state index in [1.54, 1.807) is 6.07 Å². The smallest absolute Gasteiger partial charge is 0.300 e. The number of benzene rings is 1. The van der Waals surface area contributed by atoms with Gasteiger partial charge in [-0.3, -0.25) is 19.8 Å². The Morgan fingerprint density at radius 1 is 1.40 bits per heavy atom. The van der Waals surface area contributed by atoms with Gasteiger partial charge in [0.15, 0.2) is 0 Å². The van der Waals surface area contributed by atoms with Gasteiger partial charge >= 0.3 is 5.69 Å². The molecule has 0 saturated heterocycles. The largest absolute Gasteiger partial charge is 0.305 e. The van der Waals surface area contributed by atoms with Gasteiger partial charge in [0.05, 0.1) is 4.92 Å². The zero-order valence-corrected chi connectivity index (χ0v) is 11.3. The van der Waals surface area contributed by atoms with Crippen LogP contribution in [0.15, 0.2) is 18.2 Å². The monoisotopic (exact) mass is 280 g/mol. The first-order valence-corrected chi connectivity index (χ1v) is 6.62. The van der Waals surface area contributed by atoms with Crippen molar-refractivity contribution in [2.45, 2.75) is 38.3 Å². The van der Waals surface area contributed by atoms with Crippen molar-refractivity contribution >= 4 is 11.5 Å². The second-order valence-corrected chi connectivity index (χ2v) is 5.19. The van der Waals surface area contributed by atoms with E-state index in [9.17, 15) is 19.3 Å². The van der Waals surface area contributed by atoms with E-state index in [1.165, 1.54) is 6.07 Å². The Kier molecular flexibility index (Phi) is 4.44. The van der Waals surface area contributed by atoms with E-state index < -0.39 is 16.4 Å². The number of nitro groups is 1. The van der Waals surface area contributed by atoms with Gasteiger partial charge in [0.2, 0.25) is 5.82 Å². The molecule has 1 aromatic carbocycles. The molecule has 1 aromatic rings. The third-order valence-corrected chi connectivity index (χ3v) is 3.81. The number of Topliss-reactive ketones (excluding diaryl/α,β-unsaturated/α-hetero) is 1. The van der Waals surface area contributed by atoms with E-state index in [4.69, 9.17) is 0 Å². The normalized spacial score (nSPS) is 16.6. The lowest BCUT2D eigenvalue weighted by Gasteiger charge is -2.30. The molecule has 0 atom stereocenters. The molecule has 1 fully saturated rings. The fraction of sp³-hybridized carbons (Fsp3) is 0.500. The lowest BCUT2D eigenvalue weighted by atomic mass is 9.93. The molecule has 108 valence electrons. The maximum Gasteiger partial charge on any atom is 0.305 e. The van der Waals surface area contributed by atoms with Gasteiger partial charge in [0, 0.05) is 37.1 Å². The molecule has 0 spiro atoms. The van der Waals surface area contributed by atoms with Crippen LogP contribution in [0.3, 0.4) is 0 Å². The van der Waals surface area contributed by atoms with Gasteiger partial charge in [0.25, 0.3) is 0 Å². The van der Waals surface area contributed by atoms with E-state index in [-0.39, 0.29) is 11.8 Å². The fourth-order valence-electron chi connectivity index (χ4n) is 2.59. The number of hydrogen-bond donors (Lipinski definition) is 0. The first kappa shape index (κ1) is 14.6. The third kappa shape index (κ3) is 3.19. The number of nitro benzene ring substituents is 1. The second kappa shape index (κ2) is 6.09. The van der Waals surface area contributed by atoms with Gasteiger partial charge in [0.1, 0.15) is 5.78 Å². The summed E-state index contributed by atoms with van der Waals surface area (Å²) in [6.07, 6.45) is 2.66. The van der Waals surface area contributed by atoms with E-state index in [0.717, 1.165) is 18.9 Å². The van der Waals surface area contributed by atoms with Crippen molar-refractivity contribution in [3.05, 3.63) is 39.7 Å². The molecule has 0 unspecified atom stereocenters. The summed E-state index contributed by atoms with van der Waals surface area (Å²) >= 11 is 0. The maximum absolute atomic E-state index is 14.0. The maximum atomic E-state index is 14.0. The standard InChI is InChI=1S/C14H17FN2O3/c1-16(11-5-7-12(18)8-6-11)9-10-3-2-4-13(14(10)15)17(19)20/h2-4,11H,5-9H2,1H3. The molecule has 1 aliphatic rings. The summed E-state index contributed by atoms with van der Waals surface area (Å²) in [5, 5.41) is 10.7. The molecule has 6 heteroatoms. The van der Waals surface area contributed by atoms with Crippen LogP contribution < -0.4 is 0 Å². The van der Waals surface area contributed by atoms with Gasteiger partial charge in [-0.05, 0) is 19.9 Å². The lowest BCUT2D eigenvalue weighted by Crippen LogP contribution is -2.35. The molecule has 0 aliphatic heterocycles. The summed E-state index contributed by atoms with van der Waals surface area (Å²) < 4.78 is 14.0. The van der Waals surface area contributed by atoms with Crippen molar-refractivity contribution in [1.29, 1.82) is 0 Å². The third-order valence-electron chi connectivity index (χ3n) is 3.81. The molecule has 0 amide bonds. The number of rotatable bonds is 4. The van der Waals surface area contributed by atoms with Crippen LogP contribution >= 0.6 is 0 Å². The minimum atomic E-state index is -0.767. The molecule has 5 nitrogen and oxygen atoms in total. The highest BCUT2D eigenvalue weighted by molar-refractivity contribution is 5.79. The summed E-state index contributed by atoms with van der Waals surface area (Å²) in [5.74, 6) is -0.493. The van der Waals surface area contributed by atoms with Crippen molar-refractivity contribution in [3.63, 3.8) is 0 Å². The van der Waals surface area contributed by atoms with Crippen LogP contribution in [-0.2, 0) is 11.3 Å². The number of ketones is 1. The summed E-state index contributed by atoms with van der Waals surface area (Å²) in [4.78, 5) is 23.2. The Balaban J connectivity index is 2.08. The number of halogens is 1. The Bertz CT molecular complexity index is 523. The molecule has 0 heterocycles. The van der Waals surface area contributed by atoms with Crippen LogP contribution in [0, 0.1) is 15.9 Å². The zero-order chi connectivity index (χ0) is 14.7. The minimum absolute atomic E-state index is 0.228. The number of carbonyl (C=O) groups excluding carboxylic acids is 1. The molecule has 0 bridgehead atoms. The van der Waals surface area contributed by atoms with Crippen molar-refractivity contribution in [3.8, 4) is 0 Å². The zero-order valence-electron chi connectivity index (χ0n) is 11.3. The highest BCUT2D eigenvalue weighted by atomic mass is 19.1. The van der Waals surface area contributed by atoms with Crippen molar-refractivity contribution in [2.24, 2.45) is 0 Å². The predicted octanol–water partition coefficient (Wildman–Crippen LogP) is 2.68. The summed E-state index contributed by atoms with van der Waals surface area (Å²) in [7, 11) is 1.86. The van der Waals surface area contributed by atoms with Crippen LogP contribution in [0.25, 0.3) is 0 Å². The van der Waals surface area contributed by atoms with Gasteiger partial charge in [-0.2, -0.15) is 4.39 Å². The molecule has 0 aromatic heterocycles. The summed E-state index contributed by atoms with van der Waals surface area (Å²) in [5.41, 5.74) is -0.173. The first-order valence-electron chi connectivity index (χ1n) is 6.62. The van der Waals surface area contributed by atoms with E-state index in [2.05, 4.69) is 0 Å². The number of carbonyl (C=O) groups is 1. The topological polar surface area (TPSA) is 63.4 Å². The average molecular weight is 280 g/mol. The minimum Gasteiger partial charge on any atom is -0.300 e. The second-order valence-electron chi connectivity index (χ2n) is 5.19. The van der Waals surface area contributed by atoms with Crippen molar-refractivity contribution in [2.75, 3.05) is 7.05 Å². The molecule has 0 radical (unpaired) electrons. The quantitative estimate of drug-likeness (QED) is 0.628. The van der Waals surface area contributed by atoms with Crippen molar-refractivity contribution in [1.82, 2.24) is 4.90 Å². The Morgan fingerprint density at radius 3 is 2.65 bits per heavy atom. The van der Waals surface area contributed by atoms with Crippen LogP contribution in [0.4, 0.5) is 10.1 Å².